The Morgan fingerprint density at radius 1 is 1.27 bits per heavy atom. The highest BCUT2D eigenvalue weighted by Gasteiger charge is 2.25. The molecule has 1 heterocycles. The lowest BCUT2D eigenvalue weighted by molar-refractivity contribution is -0.0800. The molecule has 0 amide bonds. The van der Waals surface area contributed by atoms with Crippen molar-refractivity contribution >= 4 is 22.6 Å². The van der Waals surface area contributed by atoms with E-state index in [9.17, 15) is 0 Å². The van der Waals surface area contributed by atoms with Crippen LogP contribution in [0.1, 0.15) is 24.3 Å². The number of benzene rings is 1. The van der Waals surface area contributed by atoms with Crippen molar-refractivity contribution < 1.29 is 9.47 Å². The second-order valence-electron chi connectivity index (χ2n) is 4.24. The monoisotopic (exact) mass is 316 g/mol. The highest BCUT2D eigenvalue weighted by atomic mass is 127. The molecule has 0 aromatic heterocycles. The van der Waals surface area contributed by atoms with E-state index in [1.54, 1.807) is 0 Å². The van der Waals surface area contributed by atoms with Crippen molar-refractivity contribution in [3.05, 3.63) is 27.3 Å². The summed E-state index contributed by atoms with van der Waals surface area (Å²) in [4.78, 5) is 0. The first-order chi connectivity index (χ1) is 7.33. The summed E-state index contributed by atoms with van der Waals surface area (Å²) in [6.07, 6.45) is 2.95. The molecule has 2 fully saturated rings. The second kappa shape index (κ2) is 3.94. The van der Waals surface area contributed by atoms with E-state index in [-0.39, 0.29) is 6.10 Å². The minimum atomic E-state index is 0.271. The van der Waals surface area contributed by atoms with Crippen molar-refractivity contribution in [2.75, 3.05) is 13.2 Å². The van der Waals surface area contributed by atoms with Gasteiger partial charge in [-0.3, -0.25) is 0 Å². The molecule has 1 aromatic rings. The largest absolute Gasteiger partial charge is 0.484 e. The SMILES string of the molecule is Ic1ccc(C2CC2)cc1OC1COC1. The smallest absolute Gasteiger partial charge is 0.145 e. The Bertz CT molecular complexity index is 370. The average Bonchev–Trinajstić information content (AvgIpc) is 2.97. The van der Waals surface area contributed by atoms with Crippen molar-refractivity contribution in [2.45, 2.75) is 24.9 Å². The molecule has 0 bridgehead atoms. The van der Waals surface area contributed by atoms with Crippen LogP contribution in [0.5, 0.6) is 5.75 Å². The maximum absolute atomic E-state index is 5.87. The van der Waals surface area contributed by atoms with E-state index in [4.69, 9.17) is 9.47 Å². The van der Waals surface area contributed by atoms with Gasteiger partial charge in [0.2, 0.25) is 0 Å². The maximum atomic E-state index is 5.87. The molecular weight excluding hydrogens is 303 g/mol. The molecule has 1 aliphatic carbocycles. The first-order valence-corrected chi connectivity index (χ1v) is 6.44. The van der Waals surface area contributed by atoms with Gasteiger partial charge in [0, 0.05) is 0 Å². The molecule has 80 valence electrons. The van der Waals surface area contributed by atoms with Crippen LogP contribution in [-0.2, 0) is 4.74 Å². The van der Waals surface area contributed by atoms with Gasteiger partial charge in [0.1, 0.15) is 11.9 Å². The normalized spacial score (nSPS) is 21.1. The van der Waals surface area contributed by atoms with E-state index in [0.717, 1.165) is 24.9 Å². The average molecular weight is 316 g/mol. The fraction of sp³-hybridized carbons (Fsp3) is 0.500. The molecule has 1 saturated heterocycles. The summed E-state index contributed by atoms with van der Waals surface area (Å²) in [6, 6.07) is 6.59. The summed E-state index contributed by atoms with van der Waals surface area (Å²) in [5.41, 5.74) is 1.44. The van der Waals surface area contributed by atoms with E-state index in [2.05, 4.69) is 40.8 Å². The minimum absolute atomic E-state index is 0.271. The summed E-state index contributed by atoms with van der Waals surface area (Å²) in [6.45, 7) is 1.48. The molecule has 0 N–H and O–H groups in total. The van der Waals surface area contributed by atoms with Crippen LogP contribution in [0.4, 0.5) is 0 Å². The molecule has 1 aliphatic heterocycles. The van der Waals surface area contributed by atoms with Crippen LogP contribution < -0.4 is 4.74 Å². The molecule has 2 aliphatic rings. The molecule has 0 unspecified atom stereocenters. The lowest BCUT2D eigenvalue weighted by Gasteiger charge is -2.27. The molecule has 0 spiro atoms. The predicted octanol–water partition coefficient (Wildman–Crippen LogP) is 2.95. The number of hydrogen-bond donors (Lipinski definition) is 0. The molecular formula is C12H13IO2. The van der Waals surface area contributed by atoms with Gasteiger partial charge >= 0.3 is 0 Å². The third kappa shape index (κ3) is 2.13. The first kappa shape index (κ1) is 9.90. The number of hydrogen-bond acceptors (Lipinski definition) is 2. The standard InChI is InChI=1S/C12H13IO2/c13-11-4-3-9(8-1-2-8)5-12(11)15-10-6-14-7-10/h3-5,8,10H,1-2,6-7H2. The van der Waals surface area contributed by atoms with Crippen LogP contribution in [0, 0.1) is 3.57 Å². The van der Waals surface area contributed by atoms with Gasteiger partial charge in [-0.05, 0) is 59.0 Å². The molecule has 0 radical (unpaired) electrons. The van der Waals surface area contributed by atoms with Gasteiger partial charge in [0.05, 0.1) is 16.8 Å². The molecule has 3 rings (SSSR count). The Morgan fingerprint density at radius 2 is 2.07 bits per heavy atom. The Kier molecular flexibility index (Phi) is 2.60. The van der Waals surface area contributed by atoms with Gasteiger partial charge in [-0.25, -0.2) is 0 Å². The summed E-state index contributed by atoms with van der Waals surface area (Å²) >= 11 is 2.33. The Labute approximate surface area is 103 Å². The highest BCUT2D eigenvalue weighted by Crippen LogP contribution is 2.42. The second-order valence-corrected chi connectivity index (χ2v) is 5.40. The molecule has 1 aromatic carbocycles. The summed E-state index contributed by atoms with van der Waals surface area (Å²) in [5, 5.41) is 0. The van der Waals surface area contributed by atoms with Crippen LogP contribution in [0.2, 0.25) is 0 Å². The van der Waals surface area contributed by atoms with Gasteiger partial charge in [-0.15, -0.1) is 0 Å². The van der Waals surface area contributed by atoms with Crippen molar-refractivity contribution in [3.63, 3.8) is 0 Å². The lowest BCUT2D eigenvalue weighted by atomic mass is 10.1. The van der Waals surface area contributed by atoms with Crippen molar-refractivity contribution in [1.82, 2.24) is 0 Å². The van der Waals surface area contributed by atoms with Gasteiger partial charge in [-0.2, -0.15) is 0 Å². The van der Waals surface area contributed by atoms with Gasteiger partial charge in [0.25, 0.3) is 0 Å². The highest BCUT2D eigenvalue weighted by molar-refractivity contribution is 14.1. The van der Waals surface area contributed by atoms with Gasteiger partial charge < -0.3 is 9.47 Å². The van der Waals surface area contributed by atoms with Gasteiger partial charge in [0.15, 0.2) is 0 Å². The Balaban J connectivity index is 1.80. The summed E-state index contributed by atoms with van der Waals surface area (Å²) in [5.74, 6) is 1.83. The minimum Gasteiger partial charge on any atom is -0.484 e. The van der Waals surface area contributed by atoms with Gasteiger partial charge in [-0.1, -0.05) is 6.07 Å². The topological polar surface area (TPSA) is 18.5 Å². The van der Waals surface area contributed by atoms with E-state index >= 15 is 0 Å². The van der Waals surface area contributed by atoms with Crippen molar-refractivity contribution in [2.24, 2.45) is 0 Å². The zero-order valence-corrected chi connectivity index (χ0v) is 10.6. The third-order valence-electron chi connectivity index (χ3n) is 2.91. The molecule has 0 atom stereocenters. The quantitative estimate of drug-likeness (QED) is 0.798. The summed E-state index contributed by atoms with van der Waals surface area (Å²) in [7, 11) is 0. The lowest BCUT2D eigenvalue weighted by Crippen LogP contribution is -2.38. The maximum Gasteiger partial charge on any atom is 0.145 e. The van der Waals surface area contributed by atoms with E-state index < -0.39 is 0 Å². The van der Waals surface area contributed by atoms with Crippen LogP contribution in [0.15, 0.2) is 18.2 Å². The van der Waals surface area contributed by atoms with Crippen LogP contribution in [0.25, 0.3) is 0 Å². The fourth-order valence-corrected chi connectivity index (χ4v) is 2.21. The third-order valence-corrected chi connectivity index (χ3v) is 3.80. The van der Waals surface area contributed by atoms with Crippen LogP contribution in [-0.4, -0.2) is 19.3 Å². The van der Waals surface area contributed by atoms with Crippen LogP contribution >= 0.6 is 22.6 Å². The predicted molar refractivity (Wildman–Crippen MR) is 66.4 cm³/mol. The molecule has 2 nitrogen and oxygen atoms in total. The molecule has 15 heavy (non-hydrogen) atoms. The van der Waals surface area contributed by atoms with E-state index in [1.165, 1.54) is 22.0 Å². The Morgan fingerprint density at radius 3 is 2.67 bits per heavy atom. The van der Waals surface area contributed by atoms with Crippen LogP contribution in [0.3, 0.4) is 0 Å². The van der Waals surface area contributed by atoms with Crippen molar-refractivity contribution in [3.8, 4) is 5.75 Å². The van der Waals surface area contributed by atoms with E-state index in [0.29, 0.717) is 0 Å². The fourth-order valence-electron chi connectivity index (χ4n) is 1.74. The number of ether oxygens (including phenoxy) is 2. The number of rotatable bonds is 3. The number of halogens is 1. The Hall–Kier alpha value is -0.290. The first-order valence-electron chi connectivity index (χ1n) is 5.37. The summed E-state index contributed by atoms with van der Waals surface area (Å²) < 4.78 is 12.2. The molecule has 1 saturated carbocycles. The zero-order chi connectivity index (χ0) is 10.3. The molecule has 3 heteroatoms. The zero-order valence-electron chi connectivity index (χ0n) is 8.41. The van der Waals surface area contributed by atoms with Crippen molar-refractivity contribution in [1.29, 1.82) is 0 Å². The van der Waals surface area contributed by atoms with E-state index in [1.807, 2.05) is 0 Å².